The monoisotopic (exact) mass is 276 g/mol. The van der Waals surface area contributed by atoms with Gasteiger partial charge in [-0.1, -0.05) is 44.9 Å². The van der Waals surface area contributed by atoms with Crippen molar-refractivity contribution in [2.45, 2.75) is 39.5 Å². The molecule has 0 heterocycles. The number of unbranched alkanes of at least 4 members (excludes halogenated alkanes) is 2. The van der Waals surface area contributed by atoms with Gasteiger partial charge in [0.1, 0.15) is 5.75 Å². The number of carbonyl (C=O) groups excluding carboxylic acids is 1. The van der Waals surface area contributed by atoms with Crippen LogP contribution >= 0.6 is 0 Å². The number of hydrogen-bond acceptors (Lipinski definition) is 3. The molecule has 0 atom stereocenters. The molecule has 0 N–H and O–H groups in total. The zero-order chi connectivity index (χ0) is 14.6. The Balaban J connectivity index is 2.55. The van der Waals surface area contributed by atoms with Gasteiger partial charge in [0.2, 0.25) is 0 Å². The third-order valence-electron chi connectivity index (χ3n) is 2.82. The lowest BCUT2D eigenvalue weighted by molar-refractivity contribution is -0.137. The molecule has 1 aromatic carbocycles. The third-order valence-corrected chi connectivity index (χ3v) is 2.82. The van der Waals surface area contributed by atoms with Crippen LogP contribution in [-0.2, 0) is 9.53 Å². The smallest absolute Gasteiger partial charge is 0.330 e. The maximum atomic E-state index is 11.5. The highest BCUT2D eigenvalue weighted by molar-refractivity contribution is 5.87. The summed E-state index contributed by atoms with van der Waals surface area (Å²) in [5, 5.41) is 0. The fourth-order valence-electron chi connectivity index (χ4n) is 1.60. The largest absolute Gasteiger partial charge is 0.493 e. The molecule has 0 amide bonds. The van der Waals surface area contributed by atoms with E-state index in [0.29, 0.717) is 13.2 Å². The first-order valence-electron chi connectivity index (χ1n) is 7.34. The molecular weight excluding hydrogens is 252 g/mol. The van der Waals surface area contributed by atoms with Gasteiger partial charge in [0.05, 0.1) is 13.2 Å². The van der Waals surface area contributed by atoms with E-state index in [1.807, 2.05) is 24.3 Å². The number of para-hydroxylation sites is 1. The Hall–Kier alpha value is -1.77. The minimum Gasteiger partial charge on any atom is -0.493 e. The predicted molar refractivity (Wildman–Crippen MR) is 81.7 cm³/mol. The Bertz CT molecular complexity index is 424. The standard InChI is InChI=1S/C17H24O3/c1-3-5-13-19-16-10-8-7-9-15(16)11-12-17(18)20-14-6-4-2/h7-12H,3-6,13-14H2,1-2H3. The van der Waals surface area contributed by atoms with Gasteiger partial charge >= 0.3 is 5.97 Å². The van der Waals surface area contributed by atoms with E-state index in [9.17, 15) is 4.79 Å². The molecule has 0 saturated carbocycles. The van der Waals surface area contributed by atoms with Crippen LogP contribution in [0.15, 0.2) is 30.3 Å². The first-order valence-corrected chi connectivity index (χ1v) is 7.34. The Kier molecular flexibility index (Phi) is 8.20. The molecule has 0 radical (unpaired) electrons. The van der Waals surface area contributed by atoms with Gasteiger partial charge in [0.15, 0.2) is 0 Å². The Morgan fingerprint density at radius 2 is 1.80 bits per heavy atom. The molecule has 3 heteroatoms. The molecular formula is C17H24O3. The second-order valence-corrected chi connectivity index (χ2v) is 4.59. The van der Waals surface area contributed by atoms with Gasteiger partial charge in [-0.15, -0.1) is 0 Å². The van der Waals surface area contributed by atoms with Crippen LogP contribution < -0.4 is 4.74 Å². The van der Waals surface area contributed by atoms with Crippen LogP contribution in [0.1, 0.15) is 45.1 Å². The number of benzene rings is 1. The highest BCUT2D eigenvalue weighted by Crippen LogP contribution is 2.19. The van der Waals surface area contributed by atoms with Gasteiger partial charge in [0.25, 0.3) is 0 Å². The summed E-state index contributed by atoms with van der Waals surface area (Å²) >= 11 is 0. The van der Waals surface area contributed by atoms with Crippen LogP contribution in [-0.4, -0.2) is 19.2 Å². The minimum atomic E-state index is -0.304. The second kappa shape index (κ2) is 10.1. The van der Waals surface area contributed by atoms with Crippen molar-refractivity contribution in [2.24, 2.45) is 0 Å². The average molecular weight is 276 g/mol. The molecule has 0 aliphatic heterocycles. The molecule has 1 aromatic rings. The van der Waals surface area contributed by atoms with Crippen molar-refractivity contribution >= 4 is 12.0 Å². The lowest BCUT2D eigenvalue weighted by Crippen LogP contribution is -2.02. The first-order chi connectivity index (χ1) is 9.77. The van der Waals surface area contributed by atoms with Gasteiger partial charge in [-0.25, -0.2) is 4.79 Å². The molecule has 110 valence electrons. The lowest BCUT2D eigenvalue weighted by Gasteiger charge is -2.08. The number of esters is 1. The van der Waals surface area contributed by atoms with Crippen LogP contribution in [0.3, 0.4) is 0 Å². The van der Waals surface area contributed by atoms with Gasteiger partial charge in [0, 0.05) is 11.6 Å². The minimum absolute atomic E-state index is 0.304. The SMILES string of the molecule is CCCCOC(=O)C=Cc1ccccc1OCCCC. The van der Waals surface area contributed by atoms with E-state index in [0.717, 1.165) is 37.0 Å². The van der Waals surface area contributed by atoms with E-state index in [1.54, 1.807) is 6.08 Å². The van der Waals surface area contributed by atoms with Gasteiger partial charge in [-0.05, 0) is 25.0 Å². The Morgan fingerprint density at radius 1 is 1.10 bits per heavy atom. The van der Waals surface area contributed by atoms with Crippen LogP contribution in [0.4, 0.5) is 0 Å². The first kappa shape index (κ1) is 16.3. The van der Waals surface area contributed by atoms with Crippen molar-refractivity contribution in [3.05, 3.63) is 35.9 Å². The fourth-order valence-corrected chi connectivity index (χ4v) is 1.60. The molecule has 0 spiro atoms. The van der Waals surface area contributed by atoms with E-state index < -0.39 is 0 Å². The molecule has 0 bridgehead atoms. The highest BCUT2D eigenvalue weighted by Gasteiger charge is 2.01. The average Bonchev–Trinajstić information content (AvgIpc) is 2.47. The summed E-state index contributed by atoms with van der Waals surface area (Å²) in [7, 11) is 0. The highest BCUT2D eigenvalue weighted by atomic mass is 16.5. The summed E-state index contributed by atoms with van der Waals surface area (Å²) in [5.74, 6) is 0.500. The molecule has 0 aromatic heterocycles. The van der Waals surface area contributed by atoms with E-state index in [-0.39, 0.29) is 5.97 Å². The molecule has 0 saturated heterocycles. The van der Waals surface area contributed by atoms with Crippen molar-refractivity contribution in [1.29, 1.82) is 0 Å². The van der Waals surface area contributed by atoms with E-state index >= 15 is 0 Å². The third kappa shape index (κ3) is 6.41. The summed E-state index contributed by atoms with van der Waals surface area (Å²) in [6, 6.07) is 7.70. The van der Waals surface area contributed by atoms with Crippen molar-refractivity contribution in [3.63, 3.8) is 0 Å². The zero-order valence-corrected chi connectivity index (χ0v) is 12.4. The van der Waals surface area contributed by atoms with E-state index in [1.165, 1.54) is 6.08 Å². The van der Waals surface area contributed by atoms with Crippen molar-refractivity contribution < 1.29 is 14.3 Å². The molecule has 0 unspecified atom stereocenters. The maximum Gasteiger partial charge on any atom is 0.330 e. The summed E-state index contributed by atoms with van der Waals surface area (Å²) in [5.41, 5.74) is 0.899. The second-order valence-electron chi connectivity index (χ2n) is 4.59. The maximum absolute atomic E-state index is 11.5. The summed E-state index contributed by atoms with van der Waals surface area (Å²) in [6.07, 6.45) is 7.24. The van der Waals surface area contributed by atoms with Gasteiger partial charge in [-0.3, -0.25) is 0 Å². The summed E-state index contributed by atoms with van der Waals surface area (Å²) in [6.45, 7) is 5.37. The molecule has 1 rings (SSSR count). The Morgan fingerprint density at radius 3 is 2.55 bits per heavy atom. The quantitative estimate of drug-likeness (QED) is 0.385. The number of hydrogen-bond donors (Lipinski definition) is 0. The van der Waals surface area contributed by atoms with Crippen molar-refractivity contribution in [3.8, 4) is 5.75 Å². The molecule has 0 aliphatic rings. The number of rotatable bonds is 9. The Labute approximate surface area is 121 Å². The topological polar surface area (TPSA) is 35.5 Å². The summed E-state index contributed by atoms with van der Waals surface area (Å²) < 4.78 is 10.8. The lowest BCUT2D eigenvalue weighted by atomic mass is 10.2. The van der Waals surface area contributed by atoms with Crippen molar-refractivity contribution in [2.75, 3.05) is 13.2 Å². The normalized spacial score (nSPS) is 10.7. The van der Waals surface area contributed by atoms with Crippen LogP contribution in [0, 0.1) is 0 Å². The molecule has 20 heavy (non-hydrogen) atoms. The van der Waals surface area contributed by atoms with Crippen LogP contribution in [0.25, 0.3) is 6.08 Å². The fraction of sp³-hybridized carbons (Fsp3) is 0.471. The number of carbonyl (C=O) groups is 1. The molecule has 3 nitrogen and oxygen atoms in total. The van der Waals surface area contributed by atoms with Crippen LogP contribution in [0.2, 0.25) is 0 Å². The molecule has 0 fully saturated rings. The zero-order valence-electron chi connectivity index (χ0n) is 12.4. The summed E-state index contributed by atoms with van der Waals surface area (Å²) in [4.78, 5) is 11.5. The van der Waals surface area contributed by atoms with Crippen molar-refractivity contribution in [1.82, 2.24) is 0 Å². The van der Waals surface area contributed by atoms with E-state index in [4.69, 9.17) is 9.47 Å². The van der Waals surface area contributed by atoms with Crippen LogP contribution in [0.5, 0.6) is 5.75 Å². The van der Waals surface area contributed by atoms with Gasteiger partial charge < -0.3 is 9.47 Å². The number of ether oxygens (including phenoxy) is 2. The predicted octanol–water partition coefficient (Wildman–Crippen LogP) is 4.22. The molecule has 0 aliphatic carbocycles. The van der Waals surface area contributed by atoms with Gasteiger partial charge in [-0.2, -0.15) is 0 Å². The van der Waals surface area contributed by atoms with E-state index in [2.05, 4.69) is 13.8 Å².